The lowest BCUT2D eigenvalue weighted by Crippen LogP contribution is -2.25. The van der Waals surface area contributed by atoms with Gasteiger partial charge in [0.05, 0.1) is 11.5 Å². The van der Waals surface area contributed by atoms with E-state index in [0.29, 0.717) is 10.7 Å². The normalized spacial score (nSPS) is 13.0. The Kier molecular flexibility index (Phi) is 5.54. The van der Waals surface area contributed by atoms with Gasteiger partial charge >= 0.3 is 6.18 Å². The second-order valence-electron chi connectivity index (χ2n) is 5.84. The van der Waals surface area contributed by atoms with Gasteiger partial charge in [0.15, 0.2) is 0 Å². The van der Waals surface area contributed by atoms with Gasteiger partial charge in [-0.05, 0) is 47.9 Å². The fourth-order valence-corrected chi connectivity index (χ4v) is 2.60. The number of carbonyl (C=O) groups is 1. The van der Waals surface area contributed by atoms with Crippen LogP contribution in [-0.2, 0) is 11.0 Å². The summed E-state index contributed by atoms with van der Waals surface area (Å²) in [7, 11) is 0. The summed E-state index contributed by atoms with van der Waals surface area (Å²) in [5, 5.41) is 3.25. The molecular formula is C18H17ClF3NO. The first-order valence-corrected chi connectivity index (χ1v) is 7.80. The smallest absolute Gasteiger partial charge is 0.326 e. The number of halogens is 4. The molecule has 6 heteroatoms. The molecule has 0 aliphatic carbocycles. The molecular weight excluding hydrogens is 339 g/mol. The Labute approximate surface area is 143 Å². The van der Waals surface area contributed by atoms with E-state index in [2.05, 4.69) is 5.32 Å². The molecule has 2 nitrogen and oxygen atoms in total. The number of rotatable bonds is 4. The van der Waals surface area contributed by atoms with Crippen molar-refractivity contribution in [3.63, 3.8) is 0 Å². The maximum Gasteiger partial charge on any atom is 0.416 e. The Morgan fingerprint density at radius 1 is 1.00 bits per heavy atom. The van der Waals surface area contributed by atoms with Crippen LogP contribution in [0.1, 0.15) is 30.9 Å². The molecule has 0 saturated heterocycles. The van der Waals surface area contributed by atoms with E-state index >= 15 is 0 Å². The number of anilines is 1. The minimum absolute atomic E-state index is 0.0145. The van der Waals surface area contributed by atoms with Crippen molar-refractivity contribution in [1.82, 2.24) is 0 Å². The van der Waals surface area contributed by atoms with Gasteiger partial charge < -0.3 is 5.32 Å². The molecule has 0 unspecified atom stereocenters. The van der Waals surface area contributed by atoms with E-state index in [1.54, 1.807) is 24.3 Å². The van der Waals surface area contributed by atoms with Gasteiger partial charge in [-0.25, -0.2) is 0 Å². The van der Waals surface area contributed by atoms with E-state index in [1.807, 2.05) is 13.8 Å². The Morgan fingerprint density at radius 2 is 1.54 bits per heavy atom. The molecule has 0 bridgehead atoms. The zero-order valence-corrected chi connectivity index (χ0v) is 13.9. The van der Waals surface area contributed by atoms with Gasteiger partial charge in [-0.1, -0.05) is 37.6 Å². The van der Waals surface area contributed by atoms with Crippen molar-refractivity contribution in [3.05, 3.63) is 64.7 Å². The zero-order valence-electron chi connectivity index (χ0n) is 13.2. The number of hydrogen-bond donors (Lipinski definition) is 1. The van der Waals surface area contributed by atoms with E-state index in [9.17, 15) is 18.0 Å². The number of carbonyl (C=O) groups excluding carboxylic acids is 1. The molecule has 0 fully saturated rings. The van der Waals surface area contributed by atoms with Crippen molar-refractivity contribution in [2.75, 3.05) is 5.32 Å². The molecule has 0 radical (unpaired) electrons. The molecule has 1 N–H and O–H groups in total. The van der Waals surface area contributed by atoms with Gasteiger partial charge in [0.2, 0.25) is 5.91 Å². The van der Waals surface area contributed by atoms with Crippen molar-refractivity contribution in [1.29, 1.82) is 0 Å². The minimum Gasteiger partial charge on any atom is -0.326 e. The fourth-order valence-electron chi connectivity index (χ4n) is 2.47. The molecule has 0 heterocycles. The number of amides is 1. The van der Waals surface area contributed by atoms with Crippen LogP contribution in [-0.4, -0.2) is 5.91 Å². The molecule has 24 heavy (non-hydrogen) atoms. The Morgan fingerprint density at radius 3 is 2.00 bits per heavy atom. The zero-order chi connectivity index (χ0) is 17.9. The fraction of sp³-hybridized carbons (Fsp3) is 0.278. The molecule has 0 spiro atoms. The number of nitrogens with one attached hydrogen (secondary N) is 1. The molecule has 0 saturated carbocycles. The van der Waals surface area contributed by atoms with Gasteiger partial charge in [-0.2, -0.15) is 13.2 Å². The first-order chi connectivity index (χ1) is 11.2. The maximum absolute atomic E-state index is 12.6. The van der Waals surface area contributed by atoms with E-state index in [1.165, 1.54) is 12.1 Å². The van der Waals surface area contributed by atoms with Crippen LogP contribution >= 0.6 is 11.6 Å². The van der Waals surface area contributed by atoms with Crippen LogP contribution in [0.5, 0.6) is 0 Å². The average molecular weight is 356 g/mol. The van der Waals surface area contributed by atoms with Crippen molar-refractivity contribution in [2.45, 2.75) is 25.9 Å². The predicted octanol–water partition coefficient (Wildman–Crippen LogP) is 5.74. The summed E-state index contributed by atoms with van der Waals surface area (Å²) in [4.78, 5) is 12.6. The minimum atomic E-state index is -4.40. The van der Waals surface area contributed by atoms with E-state index in [4.69, 9.17) is 11.6 Å². The molecule has 2 aromatic carbocycles. The molecule has 2 rings (SSSR count). The standard InChI is InChI=1S/C18H17ClF3NO/c1-11(2)16(12-3-7-14(19)8-4-12)17(24)23-15-9-5-13(6-10-15)18(20,21)22/h3-11,16H,1-2H3,(H,23,24)/t16-/m0/s1. The quantitative estimate of drug-likeness (QED) is 0.744. The molecule has 0 aliphatic heterocycles. The van der Waals surface area contributed by atoms with Crippen LogP contribution in [0.25, 0.3) is 0 Å². The number of alkyl halides is 3. The first kappa shape index (κ1) is 18.3. The van der Waals surface area contributed by atoms with Crippen LogP contribution < -0.4 is 5.32 Å². The van der Waals surface area contributed by atoms with Crippen molar-refractivity contribution < 1.29 is 18.0 Å². The van der Waals surface area contributed by atoms with Gasteiger partial charge in [0, 0.05) is 10.7 Å². The summed E-state index contributed by atoms with van der Waals surface area (Å²) >= 11 is 5.86. The second-order valence-corrected chi connectivity index (χ2v) is 6.27. The van der Waals surface area contributed by atoms with Gasteiger partial charge in [-0.15, -0.1) is 0 Å². The molecule has 0 aromatic heterocycles. The summed E-state index contributed by atoms with van der Waals surface area (Å²) in [6.45, 7) is 3.82. The van der Waals surface area contributed by atoms with E-state index in [0.717, 1.165) is 17.7 Å². The Hall–Kier alpha value is -2.01. The Bertz CT molecular complexity index is 694. The SMILES string of the molecule is CC(C)[C@H](C(=O)Nc1ccc(C(F)(F)F)cc1)c1ccc(Cl)cc1. The Balaban J connectivity index is 2.18. The monoisotopic (exact) mass is 355 g/mol. The van der Waals surface area contributed by atoms with E-state index < -0.39 is 17.7 Å². The van der Waals surface area contributed by atoms with Crippen LogP contribution in [0.4, 0.5) is 18.9 Å². The first-order valence-electron chi connectivity index (χ1n) is 7.42. The molecule has 128 valence electrons. The van der Waals surface area contributed by atoms with Crippen LogP contribution in [0, 0.1) is 5.92 Å². The summed E-state index contributed by atoms with van der Waals surface area (Å²) in [5.74, 6) is -0.683. The van der Waals surface area contributed by atoms with Gasteiger partial charge in [0.25, 0.3) is 0 Å². The second kappa shape index (κ2) is 7.26. The van der Waals surface area contributed by atoms with E-state index in [-0.39, 0.29) is 11.8 Å². The predicted molar refractivity (Wildman–Crippen MR) is 89.1 cm³/mol. The molecule has 2 aromatic rings. The highest BCUT2D eigenvalue weighted by molar-refractivity contribution is 6.30. The third-order valence-corrected chi connectivity index (χ3v) is 3.91. The largest absolute Gasteiger partial charge is 0.416 e. The third-order valence-electron chi connectivity index (χ3n) is 3.66. The highest BCUT2D eigenvalue weighted by atomic mass is 35.5. The summed E-state index contributed by atoms with van der Waals surface area (Å²) in [6.07, 6.45) is -4.40. The summed E-state index contributed by atoms with van der Waals surface area (Å²) in [6, 6.07) is 11.4. The van der Waals surface area contributed by atoms with Gasteiger partial charge in [-0.3, -0.25) is 4.79 Å². The van der Waals surface area contributed by atoms with Crippen molar-refractivity contribution >= 4 is 23.2 Å². The highest BCUT2D eigenvalue weighted by Gasteiger charge is 2.30. The van der Waals surface area contributed by atoms with Crippen LogP contribution in [0.2, 0.25) is 5.02 Å². The lowest BCUT2D eigenvalue weighted by molar-refractivity contribution is -0.137. The lowest BCUT2D eigenvalue weighted by atomic mass is 9.87. The van der Waals surface area contributed by atoms with Crippen LogP contribution in [0.15, 0.2) is 48.5 Å². The molecule has 1 atom stereocenters. The number of benzene rings is 2. The van der Waals surface area contributed by atoms with Crippen molar-refractivity contribution in [3.8, 4) is 0 Å². The third kappa shape index (κ3) is 4.51. The summed E-state index contributed by atoms with van der Waals surface area (Å²) < 4.78 is 37.7. The van der Waals surface area contributed by atoms with Gasteiger partial charge in [0.1, 0.15) is 0 Å². The maximum atomic E-state index is 12.6. The van der Waals surface area contributed by atoms with Crippen LogP contribution in [0.3, 0.4) is 0 Å². The molecule has 0 aliphatic rings. The summed E-state index contributed by atoms with van der Waals surface area (Å²) in [5.41, 5.74) is 0.380. The average Bonchev–Trinajstić information content (AvgIpc) is 2.49. The number of hydrogen-bond acceptors (Lipinski definition) is 1. The van der Waals surface area contributed by atoms with Crippen molar-refractivity contribution in [2.24, 2.45) is 5.92 Å². The topological polar surface area (TPSA) is 29.1 Å². The molecule has 1 amide bonds. The lowest BCUT2D eigenvalue weighted by Gasteiger charge is -2.21. The highest BCUT2D eigenvalue weighted by Crippen LogP contribution is 2.31.